The molecule has 1 amide bonds. The predicted molar refractivity (Wildman–Crippen MR) is 104 cm³/mol. The average molecular weight is 356 g/mol. The van der Waals surface area contributed by atoms with Gasteiger partial charge >= 0.3 is 0 Å². The van der Waals surface area contributed by atoms with Gasteiger partial charge in [0.05, 0.1) is 25.9 Å². The van der Waals surface area contributed by atoms with Gasteiger partial charge in [-0.3, -0.25) is 4.79 Å². The van der Waals surface area contributed by atoms with E-state index < -0.39 is 6.10 Å². The second-order valence-electron chi connectivity index (χ2n) is 6.26. The fourth-order valence-electron chi connectivity index (χ4n) is 2.96. The molecule has 1 atom stereocenters. The van der Waals surface area contributed by atoms with E-state index in [0.717, 1.165) is 17.7 Å². The zero-order chi connectivity index (χ0) is 18.8. The SMILES string of the molecule is C=CCOCC(O)CN1CCC(=O)N(CC#CCC)Cc2ccccc21. The number of amides is 1. The van der Waals surface area contributed by atoms with Crippen molar-refractivity contribution in [2.45, 2.75) is 32.4 Å². The fraction of sp³-hybridized carbons (Fsp3) is 0.476. The normalized spacial score (nSPS) is 15.4. The molecule has 1 aliphatic rings. The number of β-amino-alcohol motifs (C(OH)–C–C–N with tert-alkyl or cyclic N) is 1. The van der Waals surface area contributed by atoms with Gasteiger partial charge in [0, 0.05) is 38.2 Å². The van der Waals surface area contributed by atoms with Crippen LogP contribution in [0.25, 0.3) is 0 Å². The van der Waals surface area contributed by atoms with Gasteiger partial charge in [-0.25, -0.2) is 0 Å². The largest absolute Gasteiger partial charge is 0.389 e. The summed E-state index contributed by atoms with van der Waals surface area (Å²) in [5.74, 6) is 6.18. The lowest BCUT2D eigenvalue weighted by molar-refractivity contribution is -0.131. The summed E-state index contributed by atoms with van der Waals surface area (Å²) in [7, 11) is 0. The van der Waals surface area contributed by atoms with Crippen molar-refractivity contribution in [3.8, 4) is 11.8 Å². The number of benzene rings is 1. The third-order valence-corrected chi connectivity index (χ3v) is 4.19. The summed E-state index contributed by atoms with van der Waals surface area (Å²) in [5.41, 5.74) is 2.12. The molecule has 5 heteroatoms. The van der Waals surface area contributed by atoms with Gasteiger partial charge in [0.15, 0.2) is 0 Å². The number of carbonyl (C=O) groups excluding carboxylic acids is 1. The first-order valence-electron chi connectivity index (χ1n) is 9.08. The summed E-state index contributed by atoms with van der Waals surface area (Å²) in [4.78, 5) is 16.4. The highest BCUT2D eigenvalue weighted by Crippen LogP contribution is 2.25. The van der Waals surface area contributed by atoms with E-state index in [4.69, 9.17) is 4.74 Å². The number of aliphatic hydroxyl groups is 1. The number of nitrogens with zero attached hydrogens (tertiary/aromatic N) is 2. The molecule has 1 N–H and O–H groups in total. The van der Waals surface area contributed by atoms with Crippen molar-refractivity contribution in [3.05, 3.63) is 42.5 Å². The van der Waals surface area contributed by atoms with Crippen LogP contribution < -0.4 is 4.90 Å². The summed E-state index contributed by atoms with van der Waals surface area (Å²) in [6, 6.07) is 8.03. The zero-order valence-corrected chi connectivity index (χ0v) is 15.5. The highest BCUT2D eigenvalue weighted by atomic mass is 16.5. The van der Waals surface area contributed by atoms with Crippen LogP contribution >= 0.6 is 0 Å². The minimum absolute atomic E-state index is 0.0901. The molecule has 1 aliphatic heterocycles. The lowest BCUT2D eigenvalue weighted by atomic mass is 10.1. The van der Waals surface area contributed by atoms with Crippen LogP contribution in [0.3, 0.4) is 0 Å². The number of anilines is 1. The van der Waals surface area contributed by atoms with Gasteiger partial charge in [0.25, 0.3) is 0 Å². The molecule has 0 saturated heterocycles. The molecular formula is C21H28N2O3. The molecule has 26 heavy (non-hydrogen) atoms. The van der Waals surface area contributed by atoms with Crippen LogP contribution in [0.4, 0.5) is 5.69 Å². The van der Waals surface area contributed by atoms with Crippen molar-refractivity contribution in [2.75, 3.05) is 37.7 Å². The van der Waals surface area contributed by atoms with Crippen LogP contribution in [0.2, 0.25) is 0 Å². The monoisotopic (exact) mass is 356 g/mol. The fourth-order valence-corrected chi connectivity index (χ4v) is 2.96. The predicted octanol–water partition coefficient (Wildman–Crippen LogP) is 2.20. The van der Waals surface area contributed by atoms with Gasteiger partial charge in [-0.15, -0.1) is 12.5 Å². The van der Waals surface area contributed by atoms with Crippen molar-refractivity contribution >= 4 is 11.6 Å². The lowest BCUT2D eigenvalue weighted by Gasteiger charge is -2.33. The van der Waals surface area contributed by atoms with Crippen molar-refractivity contribution in [1.29, 1.82) is 0 Å². The Morgan fingerprint density at radius 2 is 2.15 bits per heavy atom. The molecule has 140 valence electrons. The van der Waals surface area contributed by atoms with E-state index in [1.807, 2.05) is 36.1 Å². The van der Waals surface area contributed by atoms with Crippen LogP contribution in [0.1, 0.15) is 25.3 Å². The van der Waals surface area contributed by atoms with Gasteiger partial charge in [-0.05, 0) is 11.6 Å². The van der Waals surface area contributed by atoms with Gasteiger partial charge in [-0.2, -0.15) is 0 Å². The highest BCUT2D eigenvalue weighted by Gasteiger charge is 2.23. The smallest absolute Gasteiger partial charge is 0.225 e. The number of hydrogen-bond donors (Lipinski definition) is 1. The maximum atomic E-state index is 12.5. The number of carbonyl (C=O) groups is 1. The lowest BCUT2D eigenvalue weighted by Crippen LogP contribution is -2.41. The van der Waals surface area contributed by atoms with Crippen LogP contribution in [0.5, 0.6) is 0 Å². The summed E-state index contributed by atoms with van der Waals surface area (Å²) in [5, 5.41) is 10.3. The third-order valence-electron chi connectivity index (χ3n) is 4.19. The Morgan fingerprint density at radius 3 is 2.92 bits per heavy atom. The first kappa shape index (κ1) is 20.0. The second kappa shape index (κ2) is 10.6. The Balaban J connectivity index is 2.13. The third kappa shape index (κ3) is 5.91. The number of aliphatic hydroxyl groups excluding tert-OH is 1. The maximum Gasteiger partial charge on any atom is 0.225 e. The molecule has 0 saturated carbocycles. The zero-order valence-electron chi connectivity index (χ0n) is 15.5. The molecule has 0 aromatic heterocycles. The number of para-hydroxylation sites is 1. The van der Waals surface area contributed by atoms with Gasteiger partial charge in [0.1, 0.15) is 0 Å². The van der Waals surface area contributed by atoms with Crippen LogP contribution in [-0.2, 0) is 16.1 Å². The number of hydrogen-bond acceptors (Lipinski definition) is 4. The van der Waals surface area contributed by atoms with Crippen molar-refractivity contribution in [2.24, 2.45) is 0 Å². The van der Waals surface area contributed by atoms with E-state index in [0.29, 0.717) is 39.2 Å². The summed E-state index contributed by atoms with van der Waals surface area (Å²) in [6.45, 7) is 8.24. The van der Waals surface area contributed by atoms with Crippen LogP contribution in [0.15, 0.2) is 36.9 Å². The Kier molecular flexibility index (Phi) is 8.20. The Morgan fingerprint density at radius 1 is 1.35 bits per heavy atom. The first-order valence-corrected chi connectivity index (χ1v) is 9.08. The molecule has 1 aromatic rings. The quantitative estimate of drug-likeness (QED) is 0.462. The minimum Gasteiger partial charge on any atom is -0.389 e. The Hall–Kier alpha value is -2.29. The topological polar surface area (TPSA) is 53.0 Å². The van der Waals surface area contributed by atoms with Crippen molar-refractivity contribution in [3.63, 3.8) is 0 Å². The number of ether oxygens (including phenoxy) is 1. The maximum absolute atomic E-state index is 12.5. The summed E-state index contributed by atoms with van der Waals surface area (Å²) in [6.07, 6.45) is 2.23. The average Bonchev–Trinajstić information content (AvgIpc) is 2.64. The molecule has 5 nitrogen and oxygen atoms in total. The molecule has 0 fully saturated rings. The van der Waals surface area contributed by atoms with Gasteiger partial charge in [-0.1, -0.05) is 37.1 Å². The van der Waals surface area contributed by atoms with E-state index in [2.05, 4.69) is 23.3 Å². The van der Waals surface area contributed by atoms with E-state index in [1.54, 1.807) is 6.08 Å². The van der Waals surface area contributed by atoms with Crippen LogP contribution in [0, 0.1) is 11.8 Å². The molecule has 1 heterocycles. The Bertz CT molecular complexity index is 663. The minimum atomic E-state index is -0.621. The van der Waals surface area contributed by atoms with E-state index in [1.165, 1.54) is 0 Å². The second-order valence-corrected chi connectivity index (χ2v) is 6.26. The van der Waals surface area contributed by atoms with E-state index >= 15 is 0 Å². The van der Waals surface area contributed by atoms with E-state index in [-0.39, 0.29) is 12.5 Å². The standard InChI is InChI=1S/C21H28N2O3/c1-3-5-8-12-23-15-18-9-6-7-10-20(18)22(13-11-21(23)25)16-19(24)17-26-14-4-2/h4,6-7,9-10,19,24H,2-3,11-17H2,1H3. The molecule has 1 unspecified atom stereocenters. The highest BCUT2D eigenvalue weighted by molar-refractivity contribution is 5.78. The van der Waals surface area contributed by atoms with Crippen molar-refractivity contribution in [1.82, 2.24) is 4.90 Å². The van der Waals surface area contributed by atoms with Gasteiger partial charge in [0.2, 0.25) is 5.91 Å². The number of rotatable bonds is 7. The van der Waals surface area contributed by atoms with Gasteiger partial charge < -0.3 is 19.6 Å². The number of fused-ring (bicyclic) bond motifs is 1. The van der Waals surface area contributed by atoms with Crippen LogP contribution in [-0.4, -0.2) is 54.9 Å². The summed E-state index contributed by atoms with van der Waals surface area (Å²) >= 11 is 0. The Labute approximate surface area is 156 Å². The molecular weight excluding hydrogens is 328 g/mol. The molecule has 0 bridgehead atoms. The molecule has 1 aromatic carbocycles. The molecule has 0 spiro atoms. The first-order chi connectivity index (χ1) is 12.7. The summed E-state index contributed by atoms with van der Waals surface area (Å²) < 4.78 is 5.34. The molecule has 0 radical (unpaired) electrons. The molecule has 0 aliphatic carbocycles. The molecule has 2 rings (SSSR count). The van der Waals surface area contributed by atoms with Crippen molar-refractivity contribution < 1.29 is 14.6 Å². The van der Waals surface area contributed by atoms with E-state index in [9.17, 15) is 9.90 Å².